The van der Waals surface area contributed by atoms with Crippen molar-refractivity contribution >= 4 is 11.6 Å². The Balaban J connectivity index is 1.69. The molecule has 1 fully saturated rings. The van der Waals surface area contributed by atoms with E-state index < -0.39 is 0 Å². The zero-order chi connectivity index (χ0) is 17.5. The summed E-state index contributed by atoms with van der Waals surface area (Å²) in [4.78, 5) is 12.8. The maximum atomic E-state index is 12.8. The first kappa shape index (κ1) is 17.5. The molecule has 0 saturated carbocycles. The van der Waals surface area contributed by atoms with Gasteiger partial charge in [-0.3, -0.25) is 4.79 Å². The van der Waals surface area contributed by atoms with E-state index in [1.807, 2.05) is 36.4 Å². The van der Waals surface area contributed by atoms with Gasteiger partial charge in [-0.15, -0.1) is 0 Å². The number of hydrogen-bond donors (Lipinski definition) is 1. The summed E-state index contributed by atoms with van der Waals surface area (Å²) in [6, 6.07) is 15.3. The van der Waals surface area contributed by atoms with Crippen molar-refractivity contribution in [2.24, 2.45) is 0 Å². The van der Waals surface area contributed by atoms with Gasteiger partial charge >= 0.3 is 0 Å². The fourth-order valence-corrected chi connectivity index (χ4v) is 2.74. The lowest BCUT2D eigenvalue weighted by molar-refractivity contribution is 0.102. The van der Waals surface area contributed by atoms with E-state index in [0.29, 0.717) is 17.9 Å². The van der Waals surface area contributed by atoms with E-state index in [0.717, 1.165) is 25.1 Å². The third kappa shape index (κ3) is 5.07. The molecule has 1 amide bonds. The summed E-state index contributed by atoms with van der Waals surface area (Å²) in [6.07, 6.45) is 4.65. The van der Waals surface area contributed by atoms with Gasteiger partial charge in [0.1, 0.15) is 18.5 Å². The first-order valence-corrected chi connectivity index (χ1v) is 9.00. The largest absolute Gasteiger partial charge is 0.490 e. The number of ether oxygens (including phenoxy) is 2. The van der Waals surface area contributed by atoms with E-state index >= 15 is 0 Å². The molecule has 1 heterocycles. The number of rotatable bonds is 9. The molecule has 3 rings (SSSR count). The van der Waals surface area contributed by atoms with Gasteiger partial charge in [0, 0.05) is 5.69 Å². The lowest BCUT2D eigenvalue weighted by Gasteiger charge is -2.13. The van der Waals surface area contributed by atoms with Crippen LogP contribution >= 0.6 is 0 Å². The highest BCUT2D eigenvalue weighted by Crippen LogP contribution is 2.23. The summed E-state index contributed by atoms with van der Waals surface area (Å²) in [7, 11) is 0. The van der Waals surface area contributed by atoms with Crippen molar-refractivity contribution in [3.63, 3.8) is 0 Å². The van der Waals surface area contributed by atoms with Crippen LogP contribution in [-0.4, -0.2) is 25.2 Å². The Morgan fingerprint density at radius 2 is 1.92 bits per heavy atom. The number of carbonyl (C=O) groups is 1. The highest BCUT2D eigenvalue weighted by Gasteiger charge is 2.24. The molecule has 132 valence electrons. The van der Waals surface area contributed by atoms with Crippen LogP contribution in [-0.2, 0) is 11.2 Å². The smallest absolute Gasteiger partial charge is 0.259 e. The SMILES string of the molecule is CCCCCc1ccccc1NC(=O)c1ccccc1OCC1CO1. The van der Waals surface area contributed by atoms with E-state index in [1.54, 1.807) is 6.07 Å². The summed E-state index contributed by atoms with van der Waals surface area (Å²) in [5, 5.41) is 3.05. The Morgan fingerprint density at radius 1 is 1.16 bits per heavy atom. The first-order valence-electron chi connectivity index (χ1n) is 9.00. The van der Waals surface area contributed by atoms with Gasteiger partial charge in [0.25, 0.3) is 5.91 Å². The molecule has 1 N–H and O–H groups in total. The average Bonchev–Trinajstić information content (AvgIpc) is 3.46. The van der Waals surface area contributed by atoms with Gasteiger partial charge in [0.2, 0.25) is 0 Å². The quantitative estimate of drug-likeness (QED) is 0.542. The predicted octanol–water partition coefficient (Wildman–Crippen LogP) is 4.45. The number of hydrogen-bond acceptors (Lipinski definition) is 3. The number of nitrogens with one attached hydrogen (secondary N) is 1. The van der Waals surface area contributed by atoms with Crippen LogP contribution in [0.5, 0.6) is 5.75 Å². The minimum absolute atomic E-state index is 0.143. The first-order chi connectivity index (χ1) is 12.3. The monoisotopic (exact) mass is 339 g/mol. The molecule has 1 saturated heterocycles. The highest BCUT2D eigenvalue weighted by atomic mass is 16.6. The molecular formula is C21H25NO3. The molecule has 2 aromatic carbocycles. The normalized spacial score (nSPS) is 15.6. The maximum absolute atomic E-state index is 12.8. The lowest BCUT2D eigenvalue weighted by atomic mass is 10.0. The standard InChI is InChI=1S/C21H25NO3/c1-2-3-4-9-16-10-5-7-12-19(16)22-21(23)18-11-6-8-13-20(18)25-15-17-14-24-17/h5-8,10-13,17H,2-4,9,14-15H2,1H3,(H,22,23). The van der Waals surface area contributed by atoms with Crippen molar-refractivity contribution in [1.82, 2.24) is 0 Å². The third-order valence-electron chi connectivity index (χ3n) is 4.27. The Labute approximate surface area is 149 Å². The highest BCUT2D eigenvalue weighted by molar-refractivity contribution is 6.06. The van der Waals surface area contributed by atoms with Gasteiger partial charge < -0.3 is 14.8 Å². The van der Waals surface area contributed by atoms with Crippen molar-refractivity contribution in [3.05, 3.63) is 59.7 Å². The van der Waals surface area contributed by atoms with Crippen molar-refractivity contribution in [1.29, 1.82) is 0 Å². The third-order valence-corrected chi connectivity index (χ3v) is 4.27. The van der Waals surface area contributed by atoms with Gasteiger partial charge in [0.05, 0.1) is 12.2 Å². The van der Waals surface area contributed by atoms with Crippen LogP contribution in [0.2, 0.25) is 0 Å². The van der Waals surface area contributed by atoms with E-state index in [1.165, 1.54) is 18.4 Å². The minimum atomic E-state index is -0.143. The van der Waals surface area contributed by atoms with Gasteiger partial charge in [-0.25, -0.2) is 0 Å². The van der Waals surface area contributed by atoms with Crippen LogP contribution in [0.3, 0.4) is 0 Å². The number of anilines is 1. The second-order valence-corrected chi connectivity index (χ2v) is 6.33. The molecule has 0 aliphatic carbocycles. The number of amides is 1. The molecule has 4 heteroatoms. The van der Waals surface area contributed by atoms with Crippen LogP contribution in [0.15, 0.2) is 48.5 Å². The Bertz CT molecular complexity index is 710. The average molecular weight is 339 g/mol. The molecule has 1 aliphatic heterocycles. The maximum Gasteiger partial charge on any atom is 0.259 e. The number of carbonyl (C=O) groups excluding carboxylic acids is 1. The molecule has 0 bridgehead atoms. The summed E-state index contributed by atoms with van der Waals surface area (Å²) in [5.74, 6) is 0.453. The molecule has 0 spiro atoms. The molecule has 1 aliphatic rings. The summed E-state index contributed by atoms with van der Waals surface area (Å²) < 4.78 is 10.9. The number of unbranched alkanes of at least 4 members (excludes halogenated alkanes) is 2. The van der Waals surface area contributed by atoms with E-state index in [2.05, 4.69) is 18.3 Å². The molecular weight excluding hydrogens is 314 g/mol. The van der Waals surface area contributed by atoms with Crippen molar-refractivity contribution in [2.75, 3.05) is 18.5 Å². The van der Waals surface area contributed by atoms with Crippen LogP contribution in [0.1, 0.15) is 42.1 Å². The minimum Gasteiger partial charge on any atom is -0.490 e. The lowest BCUT2D eigenvalue weighted by Crippen LogP contribution is -2.16. The van der Waals surface area contributed by atoms with Crippen molar-refractivity contribution in [3.8, 4) is 5.75 Å². The second kappa shape index (κ2) is 8.67. The number of epoxide rings is 1. The molecule has 4 nitrogen and oxygen atoms in total. The van der Waals surface area contributed by atoms with Gasteiger partial charge in [-0.1, -0.05) is 50.1 Å². The van der Waals surface area contributed by atoms with E-state index in [-0.39, 0.29) is 12.0 Å². The van der Waals surface area contributed by atoms with Gasteiger partial charge in [-0.2, -0.15) is 0 Å². The molecule has 0 aromatic heterocycles. The van der Waals surface area contributed by atoms with Crippen LogP contribution < -0.4 is 10.1 Å². The predicted molar refractivity (Wildman–Crippen MR) is 99.3 cm³/mol. The molecule has 2 aromatic rings. The molecule has 25 heavy (non-hydrogen) atoms. The zero-order valence-electron chi connectivity index (χ0n) is 14.7. The van der Waals surface area contributed by atoms with E-state index in [4.69, 9.17) is 9.47 Å². The topological polar surface area (TPSA) is 50.9 Å². The Hall–Kier alpha value is -2.33. The van der Waals surface area contributed by atoms with Gasteiger partial charge in [-0.05, 0) is 36.6 Å². The van der Waals surface area contributed by atoms with Crippen LogP contribution in [0.4, 0.5) is 5.69 Å². The van der Waals surface area contributed by atoms with Crippen molar-refractivity contribution in [2.45, 2.75) is 38.7 Å². The fraction of sp³-hybridized carbons (Fsp3) is 0.381. The Kier molecular flexibility index (Phi) is 6.07. The molecule has 1 atom stereocenters. The number of benzene rings is 2. The van der Waals surface area contributed by atoms with E-state index in [9.17, 15) is 4.79 Å². The second-order valence-electron chi connectivity index (χ2n) is 6.33. The zero-order valence-corrected chi connectivity index (χ0v) is 14.7. The summed E-state index contributed by atoms with van der Waals surface area (Å²) in [6.45, 7) is 3.41. The Morgan fingerprint density at radius 3 is 2.72 bits per heavy atom. The van der Waals surface area contributed by atoms with Crippen LogP contribution in [0.25, 0.3) is 0 Å². The number of para-hydroxylation sites is 2. The van der Waals surface area contributed by atoms with Gasteiger partial charge in [0.15, 0.2) is 0 Å². The molecule has 1 unspecified atom stereocenters. The number of aryl methyl sites for hydroxylation is 1. The van der Waals surface area contributed by atoms with Crippen molar-refractivity contribution < 1.29 is 14.3 Å². The fourth-order valence-electron chi connectivity index (χ4n) is 2.74. The summed E-state index contributed by atoms with van der Waals surface area (Å²) in [5.41, 5.74) is 2.60. The molecule has 0 radical (unpaired) electrons. The summed E-state index contributed by atoms with van der Waals surface area (Å²) >= 11 is 0. The van der Waals surface area contributed by atoms with Crippen LogP contribution in [0, 0.1) is 0 Å².